The van der Waals surface area contributed by atoms with Gasteiger partial charge in [0.15, 0.2) is 5.12 Å². The summed E-state index contributed by atoms with van der Waals surface area (Å²) in [5.74, 6) is 0.795. The van der Waals surface area contributed by atoms with E-state index in [2.05, 4.69) is 70.4 Å². The Bertz CT molecular complexity index is 1530. The van der Waals surface area contributed by atoms with Crippen LogP contribution < -0.4 is 5.32 Å². The number of hydrogen-bond acceptors (Lipinski definition) is 6. The molecule has 3 aromatic carbocycles. The van der Waals surface area contributed by atoms with Crippen molar-refractivity contribution in [2.24, 2.45) is 17.8 Å². The van der Waals surface area contributed by atoms with Gasteiger partial charge in [0.25, 0.3) is 0 Å². The third kappa shape index (κ3) is 11.0. The number of amides is 1. The van der Waals surface area contributed by atoms with Crippen LogP contribution in [-0.4, -0.2) is 44.6 Å². The van der Waals surface area contributed by atoms with Crippen molar-refractivity contribution in [2.75, 3.05) is 6.61 Å². The van der Waals surface area contributed by atoms with Gasteiger partial charge >= 0.3 is 14.7 Å². The molecule has 0 spiro atoms. The number of fused-ring (bicyclic) bond motifs is 3. The average molecular weight is 714 g/mol. The molecule has 268 valence electrons. The summed E-state index contributed by atoms with van der Waals surface area (Å²) in [4.78, 5) is 27.1. The lowest BCUT2D eigenvalue weighted by molar-refractivity contribution is -0.117. The summed E-state index contributed by atoms with van der Waals surface area (Å²) in [6, 6.07) is 26.3. The van der Waals surface area contributed by atoms with Gasteiger partial charge < -0.3 is 18.9 Å². The standard InChI is InChI=1S/C42H55NO5SSi/c1-9-18-40(48-50(7,8)47-39(10-2)36(25-29(3)4)41(44)49-28-31-19-12-11-13-20-31)38(26-30(5)6)43-42(45)46-27-37-34-23-16-14-21-32(34)33-22-15-17-24-35(33)37/h9-17,19-24,29-30,36-40H,1-2,18,25-28H2,3-8H3,(H,43,45)/t36-,38-,39+,40+/m1/s1. The Morgan fingerprint density at radius 3 is 1.98 bits per heavy atom. The third-order valence-corrected chi connectivity index (χ3v) is 11.7. The van der Waals surface area contributed by atoms with Crippen molar-refractivity contribution in [3.05, 3.63) is 121 Å². The Morgan fingerprint density at radius 2 is 1.42 bits per heavy atom. The van der Waals surface area contributed by atoms with Gasteiger partial charge in [-0.25, -0.2) is 4.79 Å². The van der Waals surface area contributed by atoms with Gasteiger partial charge in [-0.1, -0.05) is 130 Å². The van der Waals surface area contributed by atoms with Crippen LogP contribution in [0.2, 0.25) is 13.1 Å². The van der Waals surface area contributed by atoms with Gasteiger partial charge in [0.1, 0.15) is 6.61 Å². The number of alkyl carbamates (subject to hydrolysis) is 1. The van der Waals surface area contributed by atoms with Crippen LogP contribution in [-0.2, 0) is 24.1 Å². The number of carbonyl (C=O) groups is 2. The molecule has 0 aromatic heterocycles. The first-order valence-corrected chi connectivity index (χ1v) is 21.6. The van der Waals surface area contributed by atoms with Crippen LogP contribution in [0.25, 0.3) is 11.1 Å². The molecule has 1 amide bonds. The Hall–Kier alpha value is -3.43. The highest BCUT2D eigenvalue weighted by Crippen LogP contribution is 2.44. The molecule has 0 saturated heterocycles. The first-order chi connectivity index (χ1) is 23.9. The Balaban J connectivity index is 1.44. The molecule has 0 aliphatic heterocycles. The molecule has 0 fully saturated rings. The monoisotopic (exact) mass is 713 g/mol. The van der Waals surface area contributed by atoms with Gasteiger partial charge in [-0.2, -0.15) is 0 Å². The number of thioether (sulfide) groups is 1. The predicted octanol–water partition coefficient (Wildman–Crippen LogP) is 10.3. The van der Waals surface area contributed by atoms with E-state index in [1.807, 2.05) is 73.8 Å². The zero-order valence-corrected chi connectivity index (χ0v) is 32.4. The fourth-order valence-electron chi connectivity index (χ4n) is 6.78. The second kappa shape index (κ2) is 18.7. The van der Waals surface area contributed by atoms with Crippen molar-refractivity contribution < 1.29 is 23.2 Å². The summed E-state index contributed by atoms with van der Waals surface area (Å²) in [6.45, 7) is 20.8. The highest BCUT2D eigenvalue weighted by atomic mass is 32.2. The van der Waals surface area contributed by atoms with E-state index in [9.17, 15) is 9.59 Å². The van der Waals surface area contributed by atoms with E-state index in [-0.39, 0.29) is 35.5 Å². The molecule has 1 aliphatic carbocycles. The molecular weight excluding hydrogens is 659 g/mol. The summed E-state index contributed by atoms with van der Waals surface area (Å²) in [6.07, 6.45) is 4.07. The highest BCUT2D eigenvalue weighted by Gasteiger charge is 2.39. The zero-order chi connectivity index (χ0) is 36.3. The van der Waals surface area contributed by atoms with Crippen molar-refractivity contribution >= 4 is 31.5 Å². The average Bonchev–Trinajstić information content (AvgIpc) is 3.41. The Morgan fingerprint density at radius 1 is 0.840 bits per heavy atom. The number of hydrogen-bond donors (Lipinski definition) is 1. The summed E-state index contributed by atoms with van der Waals surface area (Å²) in [5.41, 5.74) is 5.82. The second-order valence-corrected chi connectivity index (χ2v) is 18.7. The molecule has 50 heavy (non-hydrogen) atoms. The molecule has 4 rings (SSSR count). The minimum absolute atomic E-state index is 0.0279. The maximum atomic E-state index is 13.6. The minimum atomic E-state index is -2.89. The van der Waals surface area contributed by atoms with Crippen molar-refractivity contribution in [3.63, 3.8) is 0 Å². The Kier molecular flexibility index (Phi) is 14.7. The van der Waals surface area contributed by atoms with Crippen molar-refractivity contribution in [3.8, 4) is 11.1 Å². The number of carbonyl (C=O) groups excluding carboxylic acids is 2. The molecule has 4 atom stereocenters. The van der Waals surface area contributed by atoms with E-state index in [0.717, 1.165) is 5.56 Å². The van der Waals surface area contributed by atoms with Crippen LogP contribution >= 0.6 is 11.8 Å². The van der Waals surface area contributed by atoms with Gasteiger partial charge in [0, 0.05) is 11.7 Å². The first kappa shape index (κ1) is 39.4. The molecule has 0 radical (unpaired) electrons. The van der Waals surface area contributed by atoms with E-state index in [1.165, 1.54) is 34.0 Å². The SMILES string of the molecule is C=CC[C@H](O[Si](C)(C)O[C@@H](C=C)[C@@H](CC(C)C)C(=O)SCc1ccccc1)[C@@H](CC(C)C)NC(=O)OCC1c2ccccc2-c2ccccc21. The topological polar surface area (TPSA) is 73.9 Å². The molecular formula is C42H55NO5SSi. The lowest BCUT2D eigenvalue weighted by atomic mass is 9.93. The van der Waals surface area contributed by atoms with Gasteiger partial charge in [-0.3, -0.25) is 4.79 Å². The molecule has 0 unspecified atom stereocenters. The van der Waals surface area contributed by atoms with Gasteiger partial charge in [0.2, 0.25) is 0 Å². The number of rotatable bonds is 19. The maximum absolute atomic E-state index is 13.6. The lowest BCUT2D eigenvalue weighted by Gasteiger charge is -2.37. The van der Waals surface area contributed by atoms with Crippen LogP contribution in [0.15, 0.2) is 104 Å². The van der Waals surface area contributed by atoms with Crippen LogP contribution in [0.5, 0.6) is 0 Å². The summed E-state index contributed by atoms with van der Waals surface area (Å²) in [7, 11) is -2.89. The molecule has 1 aliphatic rings. The number of benzene rings is 3. The fourth-order valence-corrected chi connectivity index (χ4v) is 9.69. The van der Waals surface area contributed by atoms with Crippen LogP contribution in [0.3, 0.4) is 0 Å². The minimum Gasteiger partial charge on any atom is -0.449 e. The molecule has 8 heteroatoms. The Labute approximate surface area is 305 Å². The van der Waals surface area contributed by atoms with Crippen molar-refractivity contribution in [1.29, 1.82) is 0 Å². The first-order valence-electron chi connectivity index (χ1n) is 17.8. The lowest BCUT2D eigenvalue weighted by Crippen LogP contribution is -2.52. The number of nitrogens with one attached hydrogen (secondary N) is 1. The zero-order valence-electron chi connectivity index (χ0n) is 30.6. The second-order valence-electron chi connectivity index (χ2n) is 14.4. The van der Waals surface area contributed by atoms with E-state index in [4.69, 9.17) is 13.6 Å². The van der Waals surface area contributed by atoms with E-state index >= 15 is 0 Å². The molecule has 0 heterocycles. The van der Waals surface area contributed by atoms with Gasteiger partial charge in [0.05, 0.1) is 24.2 Å². The van der Waals surface area contributed by atoms with Gasteiger partial charge in [-0.15, -0.1) is 13.2 Å². The van der Waals surface area contributed by atoms with Crippen molar-refractivity contribution in [2.45, 2.75) is 90.0 Å². The summed E-state index contributed by atoms with van der Waals surface area (Å²) < 4.78 is 19.5. The third-order valence-electron chi connectivity index (χ3n) is 8.96. The molecule has 0 saturated carbocycles. The largest absolute Gasteiger partial charge is 0.449 e. The smallest absolute Gasteiger partial charge is 0.407 e. The maximum Gasteiger partial charge on any atom is 0.407 e. The molecule has 0 bridgehead atoms. The van der Waals surface area contributed by atoms with Crippen LogP contribution in [0, 0.1) is 17.8 Å². The van der Waals surface area contributed by atoms with E-state index in [1.54, 1.807) is 6.08 Å². The van der Waals surface area contributed by atoms with Gasteiger partial charge in [-0.05, 0) is 72.0 Å². The quantitative estimate of drug-likeness (QED) is 0.0985. The normalized spacial score (nSPS) is 15.1. The molecule has 3 aromatic rings. The molecule has 6 nitrogen and oxygen atoms in total. The number of ether oxygens (including phenoxy) is 1. The molecule has 1 N–H and O–H groups in total. The predicted molar refractivity (Wildman–Crippen MR) is 209 cm³/mol. The summed E-state index contributed by atoms with van der Waals surface area (Å²) in [5, 5.41) is 3.24. The van der Waals surface area contributed by atoms with E-state index < -0.39 is 26.9 Å². The van der Waals surface area contributed by atoms with Crippen LogP contribution in [0.1, 0.15) is 69.6 Å². The van der Waals surface area contributed by atoms with Crippen molar-refractivity contribution in [1.82, 2.24) is 5.32 Å². The van der Waals surface area contributed by atoms with E-state index in [0.29, 0.717) is 30.9 Å². The summed E-state index contributed by atoms with van der Waals surface area (Å²) >= 11 is 1.33. The highest BCUT2D eigenvalue weighted by molar-refractivity contribution is 8.13. The van der Waals surface area contributed by atoms with Crippen LogP contribution in [0.4, 0.5) is 4.79 Å². The fraction of sp³-hybridized carbons (Fsp3) is 0.429.